The second-order valence-corrected chi connectivity index (χ2v) is 7.36. The van der Waals surface area contributed by atoms with Crippen molar-refractivity contribution in [1.29, 1.82) is 0 Å². The van der Waals surface area contributed by atoms with E-state index >= 15 is 0 Å². The van der Waals surface area contributed by atoms with E-state index < -0.39 is 0 Å². The molecule has 3 aromatic rings. The number of rotatable bonds is 5. The van der Waals surface area contributed by atoms with Crippen LogP contribution in [0.1, 0.15) is 34.9 Å². The van der Waals surface area contributed by atoms with Crippen LogP contribution in [0, 0.1) is 6.92 Å². The Hall–Kier alpha value is -1.92. The fourth-order valence-electron chi connectivity index (χ4n) is 2.19. The van der Waals surface area contributed by atoms with E-state index in [1.165, 1.54) is 16.9 Å². The van der Waals surface area contributed by atoms with Gasteiger partial charge in [0.2, 0.25) is 0 Å². The third-order valence-electron chi connectivity index (χ3n) is 3.43. The molecule has 4 nitrogen and oxygen atoms in total. The van der Waals surface area contributed by atoms with Crippen LogP contribution in [0.4, 0.5) is 0 Å². The first-order valence-corrected chi connectivity index (χ1v) is 9.46. The number of hydrogen-bond donors (Lipinski definition) is 0. The van der Waals surface area contributed by atoms with Gasteiger partial charge >= 0.3 is 5.97 Å². The first kappa shape index (κ1) is 16.9. The van der Waals surface area contributed by atoms with Crippen molar-refractivity contribution in [3.63, 3.8) is 0 Å². The van der Waals surface area contributed by atoms with Crippen molar-refractivity contribution < 1.29 is 9.53 Å². The van der Waals surface area contributed by atoms with Gasteiger partial charge in [-0.05, 0) is 32.0 Å². The zero-order chi connectivity index (χ0) is 17.1. The number of ether oxygens (including phenoxy) is 1. The van der Waals surface area contributed by atoms with Crippen LogP contribution < -0.4 is 0 Å². The summed E-state index contributed by atoms with van der Waals surface area (Å²) in [5.74, 6) is 0.485. The van der Waals surface area contributed by atoms with E-state index in [0.717, 1.165) is 32.4 Å². The Morgan fingerprint density at radius 2 is 1.96 bits per heavy atom. The molecule has 0 N–H and O–H groups in total. The maximum Gasteiger partial charge on any atom is 0.348 e. The highest BCUT2D eigenvalue weighted by Gasteiger charge is 2.17. The quantitative estimate of drug-likeness (QED) is 0.480. The number of fused-ring (bicyclic) bond motifs is 1. The molecule has 24 heavy (non-hydrogen) atoms. The average Bonchev–Trinajstić information content (AvgIpc) is 3.01. The molecule has 0 atom stereocenters. The van der Waals surface area contributed by atoms with Gasteiger partial charge in [-0.25, -0.2) is 14.8 Å². The number of hydrogen-bond acceptors (Lipinski definition) is 6. The van der Waals surface area contributed by atoms with Crippen LogP contribution in [0.5, 0.6) is 0 Å². The largest absolute Gasteiger partial charge is 0.462 e. The van der Waals surface area contributed by atoms with E-state index in [1.54, 1.807) is 18.7 Å². The van der Waals surface area contributed by atoms with Gasteiger partial charge in [0.1, 0.15) is 20.6 Å². The second-order valence-electron chi connectivity index (χ2n) is 5.26. The van der Waals surface area contributed by atoms with Crippen LogP contribution in [0.2, 0.25) is 0 Å². The first-order chi connectivity index (χ1) is 11.6. The lowest BCUT2D eigenvalue weighted by molar-refractivity contribution is 0.0532. The Bertz CT molecular complexity index is 873. The lowest BCUT2D eigenvalue weighted by atomic mass is 10.2. The lowest BCUT2D eigenvalue weighted by Gasteiger charge is -2.05. The summed E-state index contributed by atoms with van der Waals surface area (Å²) in [5.41, 5.74) is 1.22. The Balaban J connectivity index is 2.04. The summed E-state index contributed by atoms with van der Waals surface area (Å²) >= 11 is 2.96. The molecule has 1 aromatic carbocycles. The number of benzene rings is 1. The van der Waals surface area contributed by atoms with Crippen molar-refractivity contribution in [3.8, 4) is 0 Å². The predicted molar refractivity (Wildman–Crippen MR) is 98.1 cm³/mol. The summed E-state index contributed by atoms with van der Waals surface area (Å²) in [5, 5.41) is 1.79. The van der Waals surface area contributed by atoms with Gasteiger partial charge in [0.25, 0.3) is 0 Å². The number of aryl methyl sites for hydroxylation is 2. The molecule has 0 saturated carbocycles. The maximum absolute atomic E-state index is 12.0. The minimum Gasteiger partial charge on any atom is -0.462 e. The molecule has 6 heteroatoms. The zero-order valence-corrected chi connectivity index (χ0v) is 15.5. The molecule has 3 rings (SSSR count). The number of aromatic nitrogens is 2. The number of nitrogens with zero attached hydrogens (tertiary/aromatic N) is 2. The van der Waals surface area contributed by atoms with Crippen molar-refractivity contribution in [2.75, 3.05) is 6.61 Å². The highest BCUT2D eigenvalue weighted by Crippen LogP contribution is 2.35. The molecule has 0 fully saturated rings. The average molecular weight is 358 g/mol. The summed E-state index contributed by atoms with van der Waals surface area (Å²) in [4.78, 5) is 23.8. The maximum atomic E-state index is 12.0. The van der Waals surface area contributed by atoms with E-state index in [-0.39, 0.29) is 5.97 Å². The van der Waals surface area contributed by atoms with Crippen LogP contribution in [0.15, 0.2) is 40.3 Å². The zero-order valence-electron chi connectivity index (χ0n) is 13.8. The fourth-order valence-corrected chi connectivity index (χ4v) is 4.11. The van der Waals surface area contributed by atoms with Crippen LogP contribution in [0.3, 0.4) is 0 Å². The Morgan fingerprint density at radius 3 is 2.62 bits per heavy atom. The normalized spacial score (nSPS) is 11.0. The van der Waals surface area contributed by atoms with Crippen LogP contribution in [-0.4, -0.2) is 22.5 Å². The molecule has 0 radical (unpaired) electrons. The highest BCUT2D eigenvalue weighted by molar-refractivity contribution is 7.99. The fraction of sp³-hybridized carbons (Fsp3) is 0.278. The van der Waals surface area contributed by atoms with Crippen molar-refractivity contribution in [2.24, 2.45) is 0 Å². The molecule has 0 aliphatic carbocycles. The Kier molecular flexibility index (Phi) is 5.16. The van der Waals surface area contributed by atoms with Gasteiger partial charge in [-0.2, -0.15) is 0 Å². The Morgan fingerprint density at radius 1 is 1.21 bits per heavy atom. The second kappa shape index (κ2) is 7.32. The van der Waals surface area contributed by atoms with Crippen molar-refractivity contribution in [2.45, 2.75) is 37.1 Å². The topological polar surface area (TPSA) is 52.1 Å². The molecule has 124 valence electrons. The number of carbonyl (C=O) groups is 1. The van der Waals surface area contributed by atoms with Crippen LogP contribution >= 0.6 is 23.1 Å². The van der Waals surface area contributed by atoms with Crippen molar-refractivity contribution in [1.82, 2.24) is 9.97 Å². The number of carbonyl (C=O) groups excluding carboxylic acids is 1. The number of esters is 1. The molecule has 0 amide bonds. The number of thiophene rings is 1. The van der Waals surface area contributed by atoms with E-state index in [9.17, 15) is 4.79 Å². The van der Waals surface area contributed by atoms with Crippen molar-refractivity contribution >= 4 is 39.3 Å². The van der Waals surface area contributed by atoms with Gasteiger partial charge in [-0.15, -0.1) is 11.3 Å². The molecule has 0 aliphatic rings. The van der Waals surface area contributed by atoms with E-state index in [2.05, 4.69) is 41.2 Å². The third kappa shape index (κ3) is 3.60. The van der Waals surface area contributed by atoms with Gasteiger partial charge < -0.3 is 4.74 Å². The predicted octanol–water partition coefficient (Wildman–Crippen LogP) is 4.89. The molecule has 0 bridgehead atoms. The van der Waals surface area contributed by atoms with Gasteiger partial charge in [-0.1, -0.05) is 36.4 Å². The van der Waals surface area contributed by atoms with Gasteiger partial charge in [0.05, 0.1) is 6.61 Å². The molecular formula is C18H18N2O2S2. The summed E-state index contributed by atoms with van der Waals surface area (Å²) in [6.07, 6.45) is 0.754. The van der Waals surface area contributed by atoms with E-state index in [4.69, 9.17) is 4.74 Å². The monoisotopic (exact) mass is 358 g/mol. The smallest absolute Gasteiger partial charge is 0.348 e. The summed E-state index contributed by atoms with van der Waals surface area (Å²) in [7, 11) is 0. The molecule has 0 saturated heterocycles. The van der Waals surface area contributed by atoms with Crippen LogP contribution in [-0.2, 0) is 11.2 Å². The first-order valence-electron chi connectivity index (χ1n) is 7.82. The van der Waals surface area contributed by atoms with Gasteiger partial charge in [0.15, 0.2) is 0 Å². The van der Waals surface area contributed by atoms with E-state index in [1.807, 2.05) is 13.0 Å². The van der Waals surface area contributed by atoms with Gasteiger partial charge in [-0.3, -0.25) is 0 Å². The SMILES string of the molecule is CCOC(=O)c1cc2c(Sc3ccc(C)cc3)nc(CC)nc2s1. The minimum atomic E-state index is -0.301. The molecule has 0 aliphatic heterocycles. The highest BCUT2D eigenvalue weighted by atomic mass is 32.2. The lowest BCUT2D eigenvalue weighted by Crippen LogP contribution is -2.01. The summed E-state index contributed by atoms with van der Waals surface area (Å²) in [6, 6.07) is 10.2. The third-order valence-corrected chi connectivity index (χ3v) is 5.45. The molecular weight excluding hydrogens is 340 g/mol. The molecule has 0 spiro atoms. The van der Waals surface area contributed by atoms with Crippen molar-refractivity contribution in [3.05, 3.63) is 46.6 Å². The molecule has 2 heterocycles. The van der Waals surface area contributed by atoms with Gasteiger partial charge in [0, 0.05) is 16.7 Å². The molecule has 2 aromatic heterocycles. The van der Waals surface area contributed by atoms with E-state index in [0.29, 0.717) is 11.5 Å². The van der Waals surface area contributed by atoms with Crippen LogP contribution in [0.25, 0.3) is 10.2 Å². The minimum absolute atomic E-state index is 0.301. The Labute approximate surface area is 149 Å². The molecule has 0 unspecified atom stereocenters. The standard InChI is InChI=1S/C18H18N2O2S2/c1-4-15-19-16(23-12-8-6-11(3)7-9-12)13-10-14(18(21)22-5-2)24-17(13)20-15/h6-10H,4-5H2,1-3H3. The summed E-state index contributed by atoms with van der Waals surface area (Å²) < 4.78 is 5.10. The summed E-state index contributed by atoms with van der Waals surface area (Å²) in [6.45, 7) is 6.27.